The molecule has 88 valence electrons. The SMILES string of the molecule is NCC[C@H](N)C(=O)N[C@H](CCN)C(=O)O. The van der Waals surface area contributed by atoms with E-state index >= 15 is 0 Å². The van der Waals surface area contributed by atoms with Crippen LogP contribution in [0.25, 0.3) is 0 Å². The number of nitrogens with two attached hydrogens (primary N) is 3. The molecule has 0 unspecified atom stereocenters. The molecular weight excluding hydrogens is 200 g/mol. The molecular formula is C8H18N4O3. The molecule has 0 saturated carbocycles. The van der Waals surface area contributed by atoms with Gasteiger partial charge in [-0.05, 0) is 25.9 Å². The molecule has 0 aromatic carbocycles. The van der Waals surface area contributed by atoms with Crippen LogP contribution in [0.1, 0.15) is 12.8 Å². The van der Waals surface area contributed by atoms with Gasteiger partial charge < -0.3 is 27.6 Å². The van der Waals surface area contributed by atoms with E-state index in [1.807, 2.05) is 0 Å². The molecule has 0 heterocycles. The number of aliphatic carboxylic acids is 1. The summed E-state index contributed by atoms with van der Waals surface area (Å²) < 4.78 is 0. The van der Waals surface area contributed by atoms with Gasteiger partial charge in [-0.1, -0.05) is 0 Å². The monoisotopic (exact) mass is 218 g/mol. The van der Waals surface area contributed by atoms with Crippen molar-refractivity contribution >= 4 is 11.9 Å². The van der Waals surface area contributed by atoms with Gasteiger partial charge in [-0.3, -0.25) is 4.79 Å². The van der Waals surface area contributed by atoms with Crippen molar-refractivity contribution in [3.63, 3.8) is 0 Å². The van der Waals surface area contributed by atoms with Crippen LogP contribution in [0.4, 0.5) is 0 Å². The van der Waals surface area contributed by atoms with Crippen LogP contribution in [0.5, 0.6) is 0 Å². The van der Waals surface area contributed by atoms with Gasteiger partial charge in [0.2, 0.25) is 5.91 Å². The Hall–Kier alpha value is -1.18. The Morgan fingerprint density at radius 1 is 1.20 bits per heavy atom. The van der Waals surface area contributed by atoms with Crippen LogP contribution in [-0.2, 0) is 9.59 Å². The summed E-state index contributed by atoms with van der Waals surface area (Å²) in [4.78, 5) is 22.0. The zero-order chi connectivity index (χ0) is 11.8. The first-order valence-electron chi connectivity index (χ1n) is 4.71. The maximum atomic E-state index is 11.3. The van der Waals surface area contributed by atoms with Crippen molar-refractivity contribution in [2.75, 3.05) is 13.1 Å². The van der Waals surface area contributed by atoms with Crippen LogP contribution in [0.2, 0.25) is 0 Å². The van der Waals surface area contributed by atoms with Gasteiger partial charge in [0, 0.05) is 0 Å². The second-order valence-electron chi connectivity index (χ2n) is 3.16. The minimum absolute atomic E-state index is 0.177. The van der Waals surface area contributed by atoms with E-state index in [9.17, 15) is 9.59 Å². The number of hydrogen-bond donors (Lipinski definition) is 5. The number of carbonyl (C=O) groups excluding carboxylic acids is 1. The van der Waals surface area contributed by atoms with Crippen molar-refractivity contribution in [1.29, 1.82) is 0 Å². The Morgan fingerprint density at radius 3 is 2.13 bits per heavy atom. The molecule has 0 aromatic rings. The molecule has 0 aliphatic heterocycles. The lowest BCUT2D eigenvalue weighted by atomic mass is 10.1. The third kappa shape index (κ3) is 5.31. The molecule has 0 saturated heterocycles. The first-order chi connectivity index (χ1) is 7.02. The van der Waals surface area contributed by atoms with Crippen LogP contribution < -0.4 is 22.5 Å². The molecule has 0 radical (unpaired) electrons. The molecule has 0 fully saturated rings. The Morgan fingerprint density at radius 2 is 1.73 bits per heavy atom. The zero-order valence-corrected chi connectivity index (χ0v) is 8.48. The Labute approximate surface area is 88.0 Å². The van der Waals surface area contributed by atoms with Crippen molar-refractivity contribution in [1.82, 2.24) is 5.32 Å². The van der Waals surface area contributed by atoms with Crippen molar-refractivity contribution in [2.45, 2.75) is 24.9 Å². The van der Waals surface area contributed by atoms with Gasteiger partial charge in [-0.15, -0.1) is 0 Å². The van der Waals surface area contributed by atoms with Gasteiger partial charge in [-0.25, -0.2) is 4.79 Å². The third-order valence-electron chi connectivity index (χ3n) is 1.88. The molecule has 15 heavy (non-hydrogen) atoms. The smallest absolute Gasteiger partial charge is 0.326 e. The number of carboxylic acids is 1. The lowest BCUT2D eigenvalue weighted by Gasteiger charge is -2.16. The standard InChI is InChI=1S/C8H18N4O3/c9-3-1-5(11)7(13)12-6(2-4-10)8(14)15/h5-6H,1-4,9-11H2,(H,12,13)(H,14,15)/t5-,6+/m0/s1. The molecule has 0 aliphatic rings. The maximum Gasteiger partial charge on any atom is 0.326 e. The first-order valence-corrected chi connectivity index (χ1v) is 4.71. The summed E-state index contributed by atoms with van der Waals surface area (Å²) in [5.74, 6) is -1.63. The van der Waals surface area contributed by atoms with E-state index < -0.39 is 24.0 Å². The number of amides is 1. The minimum atomic E-state index is -1.12. The molecule has 8 N–H and O–H groups in total. The van der Waals surface area contributed by atoms with Crippen LogP contribution in [0, 0.1) is 0 Å². The second kappa shape index (κ2) is 7.16. The summed E-state index contributed by atoms with van der Waals surface area (Å²) in [5, 5.41) is 11.0. The van der Waals surface area contributed by atoms with Gasteiger partial charge in [0.05, 0.1) is 6.04 Å². The van der Waals surface area contributed by atoms with Gasteiger partial charge in [0.15, 0.2) is 0 Å². The van der Waals surface area contributed by atoms with E-state index in [0.717, 1.165) is 0 Å². The number of nitrogens with one attached hydrogen (secondary N) is 1. The highest BCUT2D eigenvalue weighted by atomic mass is 16.4. The molecule has 0 aliphatic carbocycles. The third-order valence-corrected chi connectivity index (χ3v) is 1.88. The maximum absolute atomic E-state index is 11.3. The largest absolute Gasteiger partial charge is 0.480 e. The summed E-state index contributed by atoms with van der Waals surface area (Å²) >= 11 is 0. The average Bonchev–Trinajstić information content (AvgIpc) is 2.17. The molecule has 0 rings (SSSR count). The first kappa shape index (κ1) is 13.8. The van der Waals surface area contributed by atoms with Gasteiger partial charge >= 0.3 is 5.97 Å². The topological polar surface area (TPSA) is 144 Å². The van der Waals surface area contributed by atoms with Crippen LogP contribution in [0.15, 0.2) is 0 Å². The van der Waals surface area contributed by atoms with E-state index in [4.69, 9.17) is 22.3 Å². The number of hydrogen-bond acceptors (Lipinski definition) is 5. The van der Waals surface area contributed by atoms with E-state index in [1.54, 1.807) is 0 Å². The molecule has 0 bridgehead atoms. The highest BCUT2D eigenvalue weighted by Gasteiger charge is 2.21. The lowest BCUT2D eigenvalue weighted by molar-refractivity contribution is -0.142. The summed E-state index contributed by atoms with van der Waals surface area (Å²) in [7, 11) is 0. The summed E-state index contributed by atoms with van der Waals surface area (Å²) in [6.07, 6.45) is 0.497. The Kier molecular flexibility index (Phi) is 6.59. The predicted octanol–water partition coefficient (Wildman–Crippen LogP) is -2.42. The van der Waals surface area contributed by atoms with Gasteiger partial charge in [0.25, 0.3) is 0 Å². The van der Waals surface area contributed by atoms with E-state index in [2.05, 4.69) is 5.32 Å². The van der Waals surface area contributed by atoms with E-state index in [1.165, 1.54) is 0 Å². The van der Waals surface area contributed by atoms with Gasteiger partial charge in [-0.2, -0.15) is 0 Å². The lowest BCUT2D eigenvalue weighted by Crippen LogP contribution is -2.49. The van der Waals surface area contributed by atoms with Crippen molar-refractivity contribution < 1.29 is 14.7 Å². The van der Waals surface area contributed by atoms with Crippen LogP contribution in [0.3, 0.4) is 0 Å². The fourth-order valence-electron chi connectivity index (χ4n) is 1.01. The number of carboxylic acid groups (broad SMARTS) is 1. The quantitative estimate of drug-likeness (QED) is 0.321. The highest BCUT2D eigenvalue weighted by molar-refractivity contribution is 5.86. The summed E-state index contributed by atoms with van der Waals surface area (Å²) in [6.45, 7) is 0.465. The molecule has 2 atom stereocenters. The Balaban J connectivity index is 4.15. The van der Waals surface area contributed by atoms with Crippen LogP contribution >= 0.6 is 0 Å². The van der Waals surface area contributed by atoms with Crippen molar-refractivity contribution in [3.05, 3.63) is 0 Å². The molecule has 0 aromatic heterocycles. The van der Waals surface area contributed by atoms with Crippen LogP contribution in [-0.4, -0.2) is 42.2 Å². The molecule has 0 spiro atoms. The normalized spacial score (nSPS) is 14.3. The number of rotatable bonds is 7. The molecule has 7 heteroatoms. The second-order valence-corrected chi connectivity index (χ2v) is 3.16. The van der Waals surface area contributed by atoms with E-state index in [-0.39, 0.29) is 19.5 Å². The van der Waals surface area contributed by atoms with Gasteiger partial charge in [0.1, 0.15) is 6.04 Å². The fourth-order valence-corrected chi connectivity index (χ4v) is 1.01. The number of carbonyl (C=O) groups is 2. The average molecular weight is 218 g/mol. The van der Waals surface area contributed by atoms with Crippen molar-refractivity contribution in [3.8, 4) is 0 Å². The molecule has 7 nitrogen and oxygen atoms in total. The predicted molar refractivity (Wildman–Crippen MR) is 54.9 cm³/mol. The minimum Gasteiger partial charge on any atom is -0.480 e. The van der Waals surface area contributed by atoms with E-state index in [0.29, 0.717) is 6.42 Å². The van der Waals surface area contributed by atoms with Crippen molar-refractivity contribution in [2.24, 2.45) is 17.2 Å². The zero-order valence-electron chi connectivity index (χ0n) is 8.48. The summed E-state index contributed by atoms with van der Waals surface area (Å²) in [6, 6.07) is -1.75. The summed E-state index contributed by atoms with van der Waals surface area (Å²) in [5.41, 5.74) is 15.9. The highest BCUT2D eigenvalue weighted by Crippen LogP contribution is 1.93. The molecule has 1 amide bonds. The Bertz CT molecular complexity index is 222. The fraction of sp³-hybridized carbons (Fsp3) is 0.750.